The van der Waals surface area contributed by atoms with Gasteiger partial charge in [-0.3, -0.25) is 18.8 Å². The predicted molar refractivity (Wildman–Crippen MR) is 87.1 cm³/mol. The monoisotopic (exact) mass is 343 g/mol. The molecule has 3 rings (SSSR count). The van der Waals surface area contributed by atoms with E-state index in [0.29, 0.717) is 12.2 Å². The van der Waals surface area contributed by atoms with E-state index in [9.17, 15) is 9.59 Å². The van der Waals surface area contributed by atoms with Crippen molar-refractivity contribution < 1.29 is 14.7 Å². The zero-order valence-electron chi connectivity index (χ0n) is 13.7. The van der Waals surface area contributed by atoms with Crippen molar-refractivity contribution in [2.45, 2.75) is 20.0 Å². The second kappa shape index (κ2) is 6.59. The summed E-state index contributed by atoms with van der Waals surface area (Å²) < 4.78 is 4.71. The van der Waals surface area contributed by atoms with Crippen LogP contribution >= 0.6 is 0 Å². The van der Waals surface area contributed by atoms with Crippen molar-refractivity contribution >= 4 is 17.6 Å². The van der Waals surface area contributed by atoms with Crippen LogP contribution in [-0.2, 0) is 24.9 Å². The third kappa shape index (κ3) is 3.91. The van der Waals surface area contributed by atoms with Gasteiger partial charge in [-0.15, -0.1) is 0 Å². The van der Waals surface area contributed by atoms with Gasteiger partial charge in [-0.1, -0.05) is 0 Å². The van der Waals surface area contributed by atoms with Crippen molar-refractivity contribution in [2.75, 3.05) is 5.32 Å². The van der Waals surface area contributed by atoms with Gasteiger partial charge in [0.2, 0.25) is 5.91 Å². The molecular formula is C15H17N7O3. The molecule has 0 bridgehead atoms. The van der Waals surface area contributed by atoms with Gasteiger partial charge in [0.05, 0.1) is 35.9 Å². The molecule has 0 aromatic carbocycles. The topological polar surface area (TPSA) is 120 Å². The van der Waals surface area contributed by atoms with Crippen LogP contribution in [0.25, 0.3) is 0 Å². The minimum atomic E-state index is -1.08. The second-order valence-electron chi connectivity index (χ2n) is 5.62. The van der Waals surface area contributed by atoms with E-state index in [1.165, 1.54) is 17.1 Å². The average Bonchev–Trinajstić information content (AvgIpc) is 3.22. The van der Waals surface area contributed by atoms with Crippen molar-refractivity contribution in [1.29, 1.82) is 0 Å². The molecule has 0 unspecified atom stereocenters. The fourth-order valence-corrected chi connectivity index (χ4v) is 2.40. The Kier molecular flexibility index (Phi) is 4.33. The maximum Gasteiger partial charge on any atom is 0.338 e. The van der Waals surface area contributed by atoms with E-state index in [4.69, 9.17) is 5.11 Å². The molecule has 10 nitrogen and oxygen atoms in total. The van der Waals surface area contributed by atoms with Crippen LogP contribution in [0.15, 0.2) is 31.0 Å². The van der Waals surface area contributed by atoms with Crippen LogP contribution in [0.2, 0.25) is 0 Å². The SMILES string of the molecule is Cc1nn(C)cc1Cn1cc(NC(=O)Cn2cc(C(=O)O)cn2)cn1. The molecule has 0 fully saturated rings. The average molecular weight is 343 g/mol. The van der Waals surface area contributed by atoms with Gasteiger partial charge in [0.15, 0.2) is 0 Å². The molecule has 0 aliphatic rings. The third-order valence-electron chi connectivity index (χ3n) is 3.55. The largest absolute Gasteiger partial charge is 0.478 e. The molecule has 3 heterocycles. The molecule has 0 atom stereocenters. The summed E-state index contributed by atoms with van der Waals surface area (Å²) in [5.74, 6) is -1.41. The molecule has 130 valence electrons. The van der Waals surface area contributed by atoms with Crippen LogP contribution in [-0.4, -0.2) is 46.3 Å². The zero-order chi connectivity index (χ0) is 18.0. The van der Waals surface area contributed by atoms with E-state index in [1.807, 2.05) is 20.2 Å². The van der Waals surface area contributed by atoms with Gasteiger partial charge in [-0.25, -0.2) is 4.79 Å². The molecule has 1 amide bonds. The fraction of sp³-hybridized carbons (Fsp3) is 0.267. The van der Waals surface area contributed by atoms with Gasteiger partial charge >= 0.3 is 5.97 Å². The number of anilines is 1. The molecule has 2 N–H and O–H groups in total. The molecule has 0 saturated heterocycles. The van der Waals surface area contributed by atoms with Gasteiger partial charge in [0, 0.05) is 31.2 Å². The number of hydrogen-bond donors (Lipinski definition) is 2. The number of aromatic carboxylic acids is 1. The van der Waals surface area contributed by atoms with Gasteiger partial charge in [0.1, 0.15) is 6.54 Å². The Morgan fingerprint density at radius 2 is 1.92 bits per heavy atom. The van der Waals surface area contributed by atoms with Crippen LogP contribution in [0.1, 0.15) is 21.6 Å². The summed E-state index contributed by atoms with van der Waals surface area (Å²) in [5.41, 5.74) is 2.56. The Hall–Kier alpha value is -3.43. The van der Waals surface area contributed by atoms with Gasteiger partial charge in [-0.2, -0.15) is 15.3 Å². The summed E-state index contributed by atoms with van der Waals surface area (Å²) in [6.07, 6.45) is 7.69. The minimum Gasteiger partial charge on any atom is -0.478 e. The maximum atomic E-state index is 12.0. The van der Waals surface area contributed by atoms with Gasteiger partial charge in [-0.05, 0) is 6.92 Å². The zero-order valence-corrected chi connectivity index (χ0v) is 13.7. The van der Waals surface area contributed by atoms with E-state index < -0.39 is 5.97 Å². The minimum absolute atomic E-state index is 0.0347. The number of nitrogens with zero attached hydrogens (tertiary/aromatic N) is 6. The van der Waals surface area contributed by atoms with Crippen LogP contribution in [0.3, 0.4) is 0 Å². The number of carboxylic acid groups (broad SMARTS) is 1. The van der Waals surface area contributed by atoms with Crippen molar-refractivity contribution in [1.82, 2.24) is 29.3 Å². The number of carbonyl (C=O) groups is 2. The molecular weight excluding hydrogens is 326 g/mol. The van der Waals surface area contributed by atoms with Crippen LogP contribution < -0.4 is 5.32 Å². The lowest BCUT2D eigenvalue weighted by atomic mass is 10.3. The molecule has 3 aromatic rings. The fourth-order valence-electron chi connectivity index (χ4n) is 2.40. The Labute approximate surface area is 142 Å². The predicted octanol–water partition coefficient (Wildman–Crippen LogP) is 0.507. The highest BCUT2D eigenvalue weighted by Gasteiger charge is 2.10. The number of hydrogen-bond acceptors (Lipinski definition) is 5. The number of carboxylic acids is 1. The summed E-state index contributed by atoms with van der Waals surface area (Å²) in [7, 11) is 1.86. The smallest absolute Gasteiger partial charge is 0.338 e. The number of amides is 1. The number of carbonyl (C=O) groups excluding carboxylic acids is 1. The van der Waals surface area contributed by atoms with Crippen LogP contribution in [0, 0.1) is 6.92 Å². The standard InChI is InChI=1S/C15H17N7O3/c1-10-12(5-20(2)19-10)7-21-8-13(4-17-21)18-14(23)9-22-6-11(3-16-22)15(24)25/h3-6,8H,7,9H2,1-2H3,(H,18,23)(H,24,25). The first-order chi connectivity index (χ1) is 11.9. The van der Waals surface area contributed by atoms with E-state index in [1.54, 1.807) is 21.8 Å². The first-order valence-electron chi connectivity index (χ1n) is 7.48. The molecule has 0 saturated carbocycles. The van der Waals surface area contributed by atoms with Gasteiger partial charge < -0.3 is 10.4 Å². The molecule has 25 heavy (non-hydrogen) atoms. The van der Waals surface area contributed by atoms with E-state index in [2.05, 4.69) is 20.6 Å². The number of nitrogens with one attached hydrogen (secondary N) is 1. The van der Waals surface area contributed by atoms with E-state index in [-0.39, 0.29) is 18.0 Å². The molecule has 10 heteroatoms. The summed E-state index contributed by atoms with van der Waals surface area (Å²) >= 11 is 0. The molecule has 0 aliphatic heterocycles. The normalized spacial score (nSPS) is 10.8. The maximum absolute atomic E-state index is 12.0. The van der Waals surface area contributed by atoms with Crippen molar-refractivity contribution in [3.8, 4) is 0 Å². The molecule has 0 aliphatic carbocycles. The van der Waals surface area contributed by atoms with Gasteiger partial charge in [0.25, 0.3) is 0 Å². The summed E-state index contributed by atoms with van der Waals surface area (Å²) in [4.78, 5) is 22.8. The molecule has 3 aromatic heterocycles. The summed E-state index contributed by atoms with van der Waals surface area (Å²) in [5, 5.41) is 23.9. The van der Waals surface area contributed by atoms with Crippen molar-refractivity contribution in [2.24, 2.45) is 7.05 Å². The summed E-state index contributed by atoms with van der Waals surface area (Å²) in [6.45, 7) is 2.40. The number of aromatic nitrogens is 6. The molecule has 0 radical (unpaired) electrons. The van der Waals surface area contributed by atoms with Crippen LogP contribution in [0.4, 0.5) is 5.69 Å². The first-order valence-corrected chi connectivity index (χ1v) is 7.48. The lowest BCUT2D eigenvalue weighted by Crippen LogP contribution is -2.18. The third-order valence-corrected chi connectivity index (χ3v) is 3.55. The van der Waals surface area contributed by atoms with E-state index >= 15 is 0 Å². The summed E-state index contributed by atoms with van der Waals surface area (Å²) in [6, 6.07) is 0. The Balaban J connectivity index is 1.59. The first kappa shape index (κ1) is 16.4. The lowest BCUT2D eigenvalue weighted by Gasteiger charge is -2.02. The second-order valence-corrected chi connectivity index (χ2v) is 5.62. The lowest BCUT2D eigenvalue weighted by molar-refractivity contribution is -0.116. The quantitative estimate of drug-likeness (QED) is 0.673. The molecule has 0 spiro atoms. The van der Waals surface area contributed by atoms with Crippen molar-refractivity contribution in [3.63, 3.8) is 0 Å². The Morgan fingerprint density at radius 3 is 2.56 bits per heavy atom. The highest BCUT2D eigenvalue weighted by molar-refractivity contribution is 5.90. The number of aryl methyl sites for hydroxylation is 2. The highest BCUT2D eigenvalue weighted by Crippen LogP contribution is 2.10. The highest BCUT2D eigenvalue weighted by atomic mass is 16.4. The Morgan fingerprint density at radius 1 is 1.16 bits per heavy atom. The van der Waals surface area contributed by atoms with E-state index in [0.717, 1.165) is 11.3 Å². The van der Waals surface area contributed by atoms with Crippen molar-refractivity contribution in [3.05, 3.63) is 47.8 Å². The van der Waals surface area contributed by atoms with Crippen LogP contribution in [0.5, 0.6) is 0 Å². The number of rotatable bonds is 6. The Bertz CT molecular complexity index is 921.